The molecule has 0 aromatic heterocycles. The Kier molecular flexibility index (Phi) is 32.9. The summed E-state index contributed by atoms with van der Waals surface area (Å²) in [6.45, 7) is 16.3. The molecule has 0 heterocycles. The minimum atomic E-state index is 0.220. The number of hydrogen-bond acceptors (Lipinski definition) is 2. The van der Waals surface area contributed by atoms with Crippen molar-refractivity contribution in [2.75, 3.05) is 13.2 Å². The van der Waals surface area contributed by atoms with Crippen molar-refractivity contribution in [3.63, 3.8) is 0 Å². The molecule has 1 aromatic carbocycles. The maximum absolute atomic E-state index is 6.06. The van der Waals surface area contributed by atoms with E-state index in [4.69, 9.17) is 9.47 Å². The Morgan fingerprint density at radius 2 is 1.24 bits per heavy atom. The van der Waals surface area contributed by atoms with Gasteiger partial charge in [0, 0.05) is 6.61 Å². The predicted molar refractivity (Wildman–Crippen MR) is 154 cm³/mol. The van der Waals surface area contributed by atoms with E-state index in [1.54, 1.807) is 0 Å². The SMILES string of the molecule is C=CCCCCCCCCCCCCCCOCC(CCC)OCc1ccccc1.CC.CC. The minimum Gasteiger partial charge on any atom is -0.379 e. The molecule has 0 bridgehead atoms. The first-order chi connectivity index (χ1) is 16.9. The van der Waals surface area contributed by atoms with E-state index in [-0.39, 0.29) is 6.10 Å². The Balaban J connectivity index is 0. The molecular weight excluding hydrogens is 416 g/mol. The number of ether oxygens (including phenoxy) is 2. The molecule has 0 radical (unpaired) electrons. The zero-order valence-electron chi connectivity index (χ0n) is 23.8. The largest absolute Gasteiger partial charge is 0.379 e. The molecule has 0 amide bonds. The molecule has 0 aliphatic heterocycles. The Morgan fingerprint density at radius 3 is 1.74 bits per heavy atom. The third-order valence-corrected chi connectivity index (χ3v) is 5.69. The lowest BCUT2D eigenvalue weighted by molar-refractivity contribution is -0.0295. The van der Waals surface area contributed by atoms with E-state index in [0.717, 1.165) is 26.1 Å². The van der Waals surface area contributed by atoms with Gasteiger partial charge >= 0.3 is 0 Å². The molecule has 2 heteroatoms. The van der Waals surface area contributed by atoms with Gasteiger partial charge in [-0.15, -0.1) is 6.58 Å². The number of hydrogen-bond donors (Lipinski definition) is 0. The number of unbranched alkanes of at least 4 members (excludes halogenated alkanes) is 12. The first kappa shape index (κ1) is 35.0. The molecule has 1 aromatic rings. The van der Waals surface area contributed by atoms with Crippen LogP contribution in [0.15, 0.2) is 43.0 Å². The molecule has 2 nitrogen and oxygen atoms in total. The second kappa shape index (κ2) is 31.9. The molecule has 0 saturated carbocycles. The van der Waals surface area contributed by atoms with Crippen molar-refractivity contribution in [3.8, 4) is 0 Å². The Morgan fingerprint density at radius 1 is 0.735 bits per heavy atom. The highest BCUT2D eigenvalue weighted by Gasteiger charge is 2.08. The van der Waals surface area contributed by atoms with Crippen LogP contribution in [0, 0.1) is 0 Å². The molecule has 200 valence electrons. The van der Waals surface area contributed by atoms with Gasteiger partial charge in [-0.25, -0.2) is 0 Å². The van der Waals surface area contributed by atoms with Crippen molar-refractivity contribution >= 4 is 0 Å². The summed E-state index contributed by atoms with van der Waals surface area (Å²) in [5, 5.41) is 0. The lowest BCUT2D eigenvalue weighted by atomic mass is 10.0. The third-order valence-electron chi connectivity index (χ3n) is 5.69. The van der Waals surface area contributed by atoms with Gasteiger partial charge in [0.25, 0.3) is 0 Å². The van der Waals surface area contributed by atoms with Gasteiger partial charge in [-0.1, -0.05) is 142 Å². The summed E-state index contributed by atoms with van der Waals surface area (Å²) < 4.78 is 12.0. The van der Waals surface area contributed by atoms with Crippen LogP contribution < -0.4 is 0 Å². The van der Waals surface area contributed by atoms with E-state index in [1.807, 2.05) is 39.8 Å². The fourth-order valence-electron chi connectivity index (χ4n) is 3.80. The lowest BCUT2D eigenvalue weighted by Gasteiger charge is -2.17. The molecule has 0 fully saturated rings. The van der Waals surface area contributed by atoms with E-state index >= 15 is 0 Å². The normalized spacial score (nSPS) is 11.1. The maximum Gasteiger partial charge on any atom is 0.0812 e. The van der Waals surface area contributed by atoms with Crippen molar-refractivity contribution in [1.29, 1.82) is 0 Å². The topological polar surface area (TPSA) is 18.5 Å². The molecule has 0 aliphatic carbocycles. The average Bonchev–Trinajstić information content (AvgIpc) is 2.90. The second-order valence-corrected chi connectivity index (χ2v) is 8.60. The Bertz CT molecular complexity index is 471. The smallest absolute Gasteiger partial charge is 0.0812 e. The van der Waals surface area contributed by atoms with Crippen LogP contribution in [0.2, 0.25) is 0 Å². The van der Waals surface area contributed by atoms with Crippen LogP contribution >= 0.6 is 0 Å². The van der Waals surface area contributed by atoms with Gasteiger partial charge < -0.3 is 9.47 Å². The fraction of sp³-hybridized carbons (Fsp3) is 0.750. The standard InChI is InChI=1S/C28H48O2.2C2H6/c1-3-5-6-7-8-9-10-11-12-13-14-15-16-20-24-29-26-28(21-4-2)30-25-27-22-18-17-19-23-27;2*1-2/h3,17-19,22-23,28H,1,4-16,20-21,24-26H2,2H3;2*1-2H3. The molecule has 1 atom stereocenters. The maximum atomic E-state index is 6.06. The van der Waals surface area contributed by atoms with E-state index in [2.05, 4.69) is 37.8 Å². The van der Waals surface area contributed by atoms with E-state index < -0.39 is 0 Å². The highest BCUT2D eigenvalue weighted by atomic mass is 16.5. The summed E-state index contributed by atoms with van der Waals surface area (Å²) in [5.74, 6) is 0. The summed E-state index contributed by atoms with van der Waals surface area (Å²) in [4.78, 5) is 0. The second-order valence-electron chi connectivity index (χ2n) is 8.60. The summed E-state index contributed by atoms with van der Waals surface area (Å²) in [6.07, 6.45) is 22.1. The van der Waals surface area contributed by atoms with E-state index in [0.29, 0.717) is 6.61 Å². The zero-order valence-corrected chi connectivity index (χ0v) is 23.8. The van der Waals surface area contributed by atoms with Crippen molar-refractivity contribution in [1.82, 2.24) is 0 Å². The van der Waals surface area contributed by atoms with Crippen LogP contribution in [0.1, 0.15) is 136 Å². The quantitative estimate of drug-likeness (QED) is 0.122. The molecule has 0 spiro atoms. The summed E-state index contributed by atoms with van der Waals surface area (Å²) >= 11 is 0. The van der Waals surface area contributed by atoms with Crippen LogP contribution in [0.5, 0.6) is 0 Å². The van der Waals surface area contributed by atoms with Crippen LogP contribution in [0.4, 0.5) is 0 Å². The van der Waals surface area contributed by atoms with Crippen LogP contribution in [-0.2, 0) is 16.1 Å². The van der Waals surface area contributed by atoms with Gasteiger partial charge in [-0.3, -0.25) is 0 Å². The van der Waals surface area contributed by atoms with Crippen LogP contribution in [0.25, 0.3) is 0 Å². The molecule has 0 N–H and O–H groups in total. The number of allylic oxidation sites excluding steroid dienone is 1. The Hall–Kier alpha value is -1.12. The van der Waals surface area contributed by atoms with E-state index in [1.165, 1.54) is 89.0 Å². The minimum absolute atomic E-state index is 0.220. The summed E-state index contributed by atoms with van der Waals surface area (Å²) in [7, 11) is 0. The highest BCUT2D eigenvalue weighted by molar-refractivity contribution is 5.13. The lowest BCUT2D eigenvalue weighted by Crippen LogP contribution is -2.20. The molecule has 0 aliphatic rings. The van der Waals surface area contributed by atoms with Gasteiger partial charge in [0.1, 0.15) is 0 Å². The van der Waals surface area contributed by atoms with Gasteiger partial charge in [-0.2, -0.15) is 0 Å². The van der Waals surface area contributed by atoms with E-state index in [9.17, 15) is 0 Å². The number of benzene rings is 1. The van der Waals surface area contributed by atoms with Gasteiger partial charge in [0.15, 0.2) is 0 Å². The fourth-order valence-corrected chi connectivity index (χ4v) is 3.80. The van der Waals surface area contributed by atoms with Crippen LogP contribution in [-0.4, -0.2) is 19.3 Å². The molecular formula is C32H60O2. The predicted octanol–water partition coefficient (Wildman–Crippen LogP) is 10.7. The van der Waals surface area contributed by atoms with Crippen molar-refractivity contribution < 1.29 is 9.47 Å². The summed E-state index contributed by atoms with van der Waals surface area (Å²) in [5.41, 5.74) is 1.24. The van der Waals surface area contributed by atoms with Crippen molar-refractivity contribution in [3.05, 3.63) is 48.6 Å². The van der Waals surface area contributed by atoms with Crippen molar-refractivity contribution in [2.45, 2.75) is 144 Å². The highest BCUT2D eigenvalue weighted by Crippen LogP contribution is 2.13. The van der Waals surface area contributed by atoms with Gasteiger partial charge in [-0.05, 0) is 31.2 Å². The average molecular weight is 477 g/mol. The first-order valence-electron chi connectivity index (χ1n) is 14.7. The monoisotopic (exact) mass is 476 g/mol. The molecule has 34 heavy (non-hydrogen) atoms. The van der Waals surface area contributed by atoms with Crippen molar-refractivity contribution in [2.24, 2.45) is 0 Å². The van der Waals surface area contributed by atoms with Gasteiger partial charge in [0.2, 0.25) is 0 Å². The molecule has 1 unspecified atom stereocenters. The third kappa shape index (κ3) is 25.5. The van der Waals surface area contributed by atoms with Gasteiger partial charge in [0.05, 0.1) is 19.3 Å². The Labute approximate surface area is 214 Å². The first-order valence-corrected chi connectivity index (χ1v) is 14.7. The summed E-state index contributed by atoms with van der Waals surface area (Å²) in [6, 6.07) is 10.4. The molecule has 0 saturated heterocycles. The molecule has 1 rings (SSSR count). The zero-order chi connectivity index (χ0) is 25.5. The number of rotatable bonds is 22. The van der Waals surface area contributed by atoms with Crippen LogP contribution in [0.3, 0.4) is 0 Å².